The van der Waals surface area contributed by atoms with Crippen LogP contribution in [0.15, 0.2) is 59.2 Å². The van der Waals surface area contributed by atoms with Gasteiger partial charge in [0.15, 0.2) is 0 Å². The van der Waals surface area contributed by atoms with Gasteiger partial charge in [0.1, 0.15) is 11.8 Å². The molecule has 4 rings (SSSR count). The lowest BCUT2D eigenvalue weighted by molar-refractivity contribution is -0.132. The number of nitrogens with zero attached hydrogens (tertiary/aromatic N) is 2. The first-order chi connectivity index (χ1) is 13.9. The fourth-order valence-corrected chi connectivity index (χ4v) is 3.76. The third-order valence-electron chi connectivity index (χ3n) is 4.99. The fourth-order valence-electron chi connectivity index (χ4n) is 3.44. The Morgan fingerprint density at radius 2 is 1.86 bits per heavy atom. The molecule has 0 spiro atoms. The van der Waals surface area contributed by atoms with E-state index in [1.165, 1.54) is 6.26 Å². The van der Waals surface area contributed by atoms with Crippen LogP contribution in [0.5, 0.6) is 0 Å². The SMILES string of the molecule is CCC1(c2ccc(Cl)cc2)NC(=O)N(Cc2coc(-c3cccc(Cl)c3)n2)C1=O. The summed E-state index contributed by atoms with van der Waals surface area (Å²) >= 11 is 12.0. The van der Waals surface area contributed by atoms with Gasteiger partial charge in [-0.15, -0.1) is 0 Å². The van der Waals surface area contributed by atoms with Crippen molar-refractivity contribution in [2.45, 2.75) is 25.4 Å². The zero-order valence-corrected chi connectivity index (χ0v) is 17.0. The smallest absolute Gasteiger partial charge is 0.325 e. The van der Waals surface area contributed by atoms with Gasteiger partial charge in [-0.1, -0.05) is 48.3 Å². The predicted octanol–water partition coefficient (Wildman–Crippen LogP) is 5.01. The summed E-state index contributed by atoms with van der Waals surface area (Å²) in [6, 6.07) is 13.5. The van der Waals surface area contributed by atoms with E-state index >= 15 is 0 Å². The number of oxazole rings is 1. The van der Waals surface area contributed by atoms with Crippen molar-refractivity contribution in [3.05, 3.63) is 76.1 Å². The van der Waals surface area contributed by atoms with E-state index < -0.39 is 11.6 Å². The Hall–Kier alpha value is -2.83. The molecule has 3 aromatic rings. The molecule has 6 nitrogen and oxygen atoms in total. The maximum absolute atomic E-state index is 13.2. The molecule has 8 heteroatoms. The van der Waals surface area contributed by atoms with Crippen LogP contribution in [0, 0.1) is 0 Å². The van der Waals surface area contributed by atoms with Crippen molar-refractivity contribution in [1.82, 2.24) is 15.2 Å². The lowest BCUT2D eigenvalue weighted by Gasteiger charge is -2.25. The number of urea groups is 1. The molecule has 2 aromatic carbocycles. The first kappa shape index (κ1) is 19.5. The highest BCUT2D eigenvalue weighted by Gasteiger charge is 2.51. The van der Waals surface area contributed by atoms with Gasteiger partial charge in [-0.05, 0) is 42.3 Å². The van der Waals surface area contributed by atoms with E-state index in [0.717, 1.165) is 4.90 Å². The van der Waals surface area contributed by atoms with Gasteiger partial charge in [0.05, 0.1) is 12.2 Å². The summed E-state index contributed by atoms with van der Waals surface area (Å²) in [7, 11) is 0. The van der Waals surface area contributed by atoms with Crippen molar-refractivity contribution >= 4 is 35.1 Å². The highest BCUT2D eigenvalue weighted by molar-refractivity contribution is 6.31. The Morgan fingerprint density at radius 3 is 2.55 bits per heavy atom. The summed E-state index contributed by atoms with van der Waals surface area (Å²) in [6.45, 7) is 1.85. The lowest BCUT2D eigenvalue weighted by atomic mass is 9.87. The minimum Gasteiger partial charge on any atom is -0.444 e. The molecule has 0 radical (unpaired) electrons. The molecule has 1 aromatic heterocycles. The van der Waals surface area contributed by atoms with Crippen molar-refractivity contribution < 1.29 is 14.0 Å². The number of imide groups is 1. The van der Waals surface area contributed by atoms with Crippen molar-refractivity contribution in [1.29, 1.82) is 0 Å². The van der Waals surface area contributed by atoms with Crippen molar-refractivity contribution in [2.75, 3.05) is 0 Å². The first-order valence-corrected chi connectivity index (χ1v) is 9.79. The Morgan fingerprint density at radius 1 is 1.10 bits per heavy atom. The van der Waals surface area contributed by atoms with Gasteiger partial charge in [-0.3, -0.25) is 9.69 Å². The molecular weight excluding hydrogens is 413 g/mol. The van der Waals surface area contributed by atoms with Crippen molar-refractivity contribution in [2.24, 2.45) is 0 Å². The van der Waals surface area contributed by atoms with E-state index in [4.69, 9.17) is 27.6 Å². The highest BCUT2D eigenvalue weighted by Crippen LogP contribution is 2.34. The second-order valence-corrected chi connectivity index (χ2v) is 7.61. The van der Waals surface area contributed by atoms with Gasteiger partial charge in [0.2, 0.25) is 5.89 Å². The number of amides is 3. The van der Waals surface area contributed by atoms with Crippen molar-refractivity contribution in [3.8, 4) is 11.5 Å². The average Bonchev–Trinajstić information content (AvgIpc) is 3.28. The van der Waals surface area contributed by atoms with Crippen LogP contribution in [-0.4, -0.2) is 21.8 Å². The summed E-state index contributed by atoms with van der Waals surface area (Å²) < 4.78 is 5.51. The Labute approximate surface area is 177 Å². The molecule has 1 unspecified atom stereocenters. The van der Waals surface area contributed by atoms with Crippen LogP contribution < -0.4 is 5.32 Å². The second-order valence-electron chi connectivity index (χ2n) is 6.74. The predicted molar refractivity (Wildman–Crippen MR) is 109 cm³/mol. The van der Waals surface area contributed by atoms with Gasteiger partial charge in [-0.25, -0.2) is 9.78 Å². The third-order valence-corrected chi connectivity index (χ3v) is 5.47. The topological polar surface area (TPSA) is 75.4 Å². The quantitative estimate of drug-likeness (QED) is 0.578. The zero-order chi connectivity index (χ0) is 20.6. The largest absolute Gasteiger partial charge is 0.444 e. The molecule has 1 saturated heterocycles. The molecule has 1 aliphatic rings. The maximum atomic E-state index is 13.2. The summed E-state index contributed by atoms with van der Waals surface area (Å²) in [5, 5.41) is 3.96. The van der Waals surface area contributed by atoms with Crippen LogP contribution in [0.3, 0.4) is 0 Å². The van der Waals surface area contributed by atoms with Crippen LogP contribution >= 0.6 is 23.2 Å². The fraction of sp³-hybridized carbons (Fsp3) is 0.190. The first-order valence-electron chi connectivity index (χ1n) is 9.03. The number of aromatic nitrogens is 1. The van der Waals surface area contributed by atoms with Gasteiger partial charge in [0.25, 0.3) is 5.91 Å². The maximum Gasteiger partial charge on any atom is 0.325 e. The van der Waals surface area contributed by atoms with E-state index in [-0.39, 0.29) is 12.5 Å². The van der Waals surface area contributed by atoms with Crippen molar-refractivity contribution in [3.63, 3.8) is 0 Å². The van der Waals surface area contributed by atoms with Crippen LogP contribution in [-0.2, 0) is 16.9 Å². The number of benzene rings is 2. The highest BCUT2D eigenvalue weighted by atomic mass is 35.5. The molecule has 3 amide bonds. The molecule has 2 heterocycles. The number of carbonyl (C=O) groups is 2. The molecule has 0 bridgehead atoms. The molecular formula is C21H17Cl2N3O3. The molecule has 1 aliphatic heterocycles. The van der Waals surface area contributed by atoms with E-state index in [9.17, 15) is 9.59 Å². The summed E-state index contributed by atoms with van der Waals surface area (Å²) in [4.78, 5) is 31.4. The number of hydrogen-bond acceptors (Lipinski definition) is 4. The summed E-state index contributed by atoms with van der Waals surface area (Å²) in [5.41, 5.74) is 0.739. The molecule has 0 saturated carbocycles. The van der Waals surface area contributed by atoms with Crippen LogP contribution in [0.4, 0.5) is 4.79 Å². The van der Waals surface area contributed by atoms with E-state index in [0.29, 0.717) is 39.2 Å². The molecule has 0 aliphatic carbocycles. The number of carbonyl (C=O) groups excluding carboxylic acids is 2. The van der Waals surface area contributed by atoms with Gasteiger partial charge < -0.3 is 9.73 Å². The molecule has 1 fully saturated rings. The molecule has 1 atom stereocenters. The van der Waals surface area contributed by atoms with Crippen LogP contribution in [0.2, 0.25) is 10.0 Å². The Balaban J connectivity index is 1.59. The van der Waals surface area contributed by atoms with Gasteiger partial charge in [0, 0.05) is 15.6 Å². The number of halogens is 2. The second kappa shape index (κ2) is 7.54. The molecule has 29 heavy (non-hydrogen) atoms. The monoisotopic (exact) mass is 429 g/mol. The number of rotatable bonds is 5. The van der Waals surface area contributed by atoms with Crippen LogP contribution in [0.1, 0.15) is 24.6 Å². The Bertz CT molecular complexity index is 1080. The summed E-state index contributed by atoms with van der Waals surface area (Å²) in [6.07, 6.45) is 1.84. The van der Waals surface area contributed by atoms with Gasteiger partial charge >= 0.3 is 6.03 Å². The molecule has 148 valence electrons. The number of nitrogens with one attached hydrogen (secondary N) is 1. The number of hydrogen-bond donors (Lipinski definition) is 1. The Kier molecular flexibility index (Phi) is 5.06. The molecule has 1 N–H and O–H groups in total. The minimum atomic E-state index is -1.12. The minimum absolute atomic E-state index is 0.00404. The van der Waals surface area contributed by atoms with E-state index in [2.05, 4.69) is 10.3 Å². The summed E-state index contributed by atoms with van der Waals surface area (Å²) in [5.74, 6) is 0.0358. The average molecular weight is 430 g/mol. The van der Waals surface area contributed by atoms with Crippen LogP contribution in [0.25, 0.3) is 11.5 Å². The third kappa shape index (κ3) is 3.50. The lowest BCUT2D eigenvalue weighted by Crippen LogP contribution is -2.43. The zero-order valence-electron chi connectivity index (χ0n) is 15.5. The standard InChI is InChI=1S/C21H17Cl2N3O3/c1-2-21(14-6-8-15(22)9-7-14)19(27)26(20(28)25-21)11-17-12-29-18(24-17)13-4-3-5-16(23)10-13/h3-10,12H,2,11H2,1H3,(H,25,28). The van der Waals surface area contributed by atoms with E-state index in [1.54, 1.807) is 42.5 Å². The van der Waals surface area contributed by atoms with Gasteiger partial charge in [-0.2, -0.15) is 0 Å². The normalized spacial score (nSPS) is 18.9. The van der Waals surface area contributed by atoms with E-state index in [1.807, 2.05) is 13.0 Å².